The molecule has 3 aromatic rings. The van der Waals surface area contributed by atoms with E-state index in [2.05, 4.69) is 21.7 Å². The minimum Gasteiger partial charge on any atom is -0.338 e. The first-order valence-electron chi connectivity index (χ1n) is 16.9. The molecule has 14 heteroatoms. The summed E-state index contributed by atoms with van der Waals surface area (Å²) in [6.45, 7) is 6.54. The zero-order chi connectivity index (χ0) is 34.8. The Kier molecular flexibility index (Phi) is 10.7. The van der Waals surface area contributed by atoms with Crippen molar-refractivity contribution in [3.05, 3.63) is 71.7 Å². The van der Waals surface area contributed by atoms with Crippen molar-refractivity contribution < 1.29 is 30.8 Å². The maximum atomic E-state index is 13.5. The van der Waals surface area contributed by atoms with Gasteiger partial charge in [0.05, 0.1) is 22.2 Å². The Labute approximate surface area is 285 Å². The Morgan fingerprint density at radius 2 is 1.55 bits per heavy atom. The molecule has 0 radical (unpaired) electrons. The van der Waals surface area contributed by atoms with Crippen molar-refractivity contribution in [3.63, 3.8) is 0 Å². The fraction of sp³-hybridized carbons (Fsp3) is 0.514. The smallest absolute Gasteiger partial charge is 0.338 e. The number of ketones is 1. The second-order valence-corrected chi connectivity index (χ2v) is 15.2. The van der Waals surface area contributed by atoms with Crippen LogP contribution in [0.15, 0.2) is 59.5 Å². The van der Waals surface area contributed by atoms with Crippen LogP contribution in [0.1, 0.15) is 43.4 Å². The zero-order valence-electron chi connectivity index (χ0n) is 27.6. The van der Waals surface area contributed by atoms with Crippen LogP contribution >= 0.6 is 0 Å². The van der Waals surface area contributed by atoms with E-state index < -0.39 is 33.6 Å². The Morgan fingerprint density at radius 1 is 0.878 bits per heavy atom. The summed E-state index contributed by atoms with van der Waals surface area (Å²) in [6.07, 6.45) is -0.955. The number of rotatable bonds is 10. The molecule has 1 atom stereocenters. The summed E-state index contributed by atoms with van der Waals surface area (Å²) in [5, 5.41) is 0. The van der Waals surface area contributed by atoms with Crippen molar-refractivity contribution in [1.29, 1.82) is 0 Å². The highest BCUT2D eigenvalue weighted by atomic mass is 32.2. The van der Waals surface area contributed by atoms with Crippen LogP contribution in [0.5, 0.6) is 0 Å². The Bertz CT molecular complexity index is 1710. The molecule has 0 aliphatic carbocycles. The average Bonchev–Trinajstić information content (AvgIpc) is 3.60. The minimum atomic E-state index is -4.47. The third kappa shape index (κ3) is 8.47. The van der Waals surface area contributed by atoms with Crippen LogP contribution in [0, 0.1) is 11.7 Å². The van der Waals surface area contributed by atoms with E-state index in [0.717, 1.165) is 57.0 Å². The number of nitrogens with zero attached hydrogens (tertiary/aromatic N) is 6. The highest BCUT2D eigenvalue weighted by molar-refractivity contribution is 7.89. The van der Waals surface area contributed by atoms with E-state index in [1.165, 1.54) is 41.4 Å². The van der Waals surface area contributed by atoms with E-state index in [-0.39, 0.29) is 30.1 Å². The molecule has 3 saturated heterocycles. The van der Waals surface area contributed by atoms with Gasteiger partial charge in [0.1, 0.15) is 5.82 Å². The quantitative estimate of drug-likeness (QED) is 0.269. The lowest BCUT2D eigenvalue weighted by Gasteiger charge is -2.38. The largest absolute Gasteiger partial charge is 0.416 e. The van der Waals surface area contributed by atoms with Crippen molar-refractivity contribution in [2.75, 3.05) is 64.3 Å². The number of piperidine rings is 1. The predicted molar refractivity (Wildman–Crippen MR) is 178 cm³/mol. The van der Waals surface area contributed by atoms with Gasteiger partial charge in [-0.15, -0.1) is 0 Å². The van der Waals surface area contributed by atoms with Gasteiger partial charge in [-0.05, 0) is 101 Å². The summed E-state index contributed by atoms with van der Waals surface area (Å²) in [4.78, 5) is 29.9. The topological polar surface area (TPSA) is 90.0 Å². The molecule has 49 heavy (non-hydrogen) atoms. The number of aromatic nitrogens is 2. The zero-order valence-corrected chi connectivity index (χ0v) is 28.4. The number of alkyl halides is 3. The summed E-state index contributed by atoms with van der Waals surface area (Å²) in [5.74, 6) is 0.331. The Hall–Kier alpha value is -3.46. The highest BCUT2D eigenvalue weighted by Gasteiger charge is 2.39. The molecule has 9 nitrogen and oxygen atoms in total. The SMILES string of the molecule is CN1CCC(CN2CCN(c3nc(CCC(=O)[C@@H]4CCCN4S(=O)(=O)c4ccc(F)cc4)cc(-c4ccc(C(F)(F)F)cc4)n3)CC2)CC1. The summed E-state index contributed by atoms with van der Waals surface area (Å²) in [6, 6.07) is 10.2. The molecule has 3 fully saturated rings. The van der Waals surface area contributed by atoms with Crippen molar-refractivity contribution >= 4 is 21.8 Å². The van der Waals surface area contributed by atoms with Crippen molar-refractivity contribution in [2.45, 2.75) is 55.6 Å². The van der Waals surface area contributed by atoms with E-state index >= 15 is 0 Å². The summed E-state index contributed by atoms with van der Waals surface area (Å²) in [5.41, 5.74) is 0.746. The van der Waals surface area contributed by atoms with E-state index in [1.54, 1.807) is 6.07 Å². The molecule has 3 aliphatic rings. The molecule has 2 aromatic carbocycles. The number of anilines is 1. The second-order valence-electron chi connectivity index (χ2n) is 13.3. The van der Waals surface area contributed by atoms with Gasteiger partial charge in [0.25, 0.3) is 0 Å². The van der Waals surface area contributed by atoms with Gasteiger partial charge in [0, 0.05) is 56.9 Å². The third-order valence-electron chi connectivity index (χ3n) is 9.91. The number of benzene rings is 2. The summed E-state index contributed by atoms with van der Waals surface area (Å²) in [7, 11) is -1.85. The van der Waals surface area contributed by atoms with Gasteiger partial charge in [-0.1, -0.05) is 12.1 Å². The number of carbonyl (C=O) groups is 1. The van der Waals surface area contributed by atoms with Crippen LogP contribution in [0.2, 0.25) is 0 Å². The molecular formula is C35H42F4N6O3S. The van der Waals surface area contributed by atoms with E-state index in [0.29, 0.717) is 54.7 Å². The maximum absolute atomic E-state index is 13.5. The van der Waals surface area contributed by atoms with Crippen LogP contribution < -0.4 is 4.90 Å². The minimum absolute atomic E-state index is 0.0212. The molecule has 0 spiro atoms. The predicted octanol–water partition coefficient (Wildman–Crippen LogP) is 5.12. The van der Waals surface area contributed by atoms with Gasteiger partial charge in [-0.3, -0.25) is 9.69 Å². The van der Waals surface area contributed by atoms with Crippen molar-refractivity contribution in [1.82, 2.24) is 24.1 Å². The first kappa shape index (κ1) is 35.4. The molecule has 0 amide bonds. The molecule has 0 unspecified atom stereocenters. The average molecular weight is 703 g/mol. The van der Waals surface area contributed by atoms with Gasteiger partial charge in [-0.2, -0.15) is 17.5 Å². The molecule has 6 rings (SSSR count). The highest BCUT2D eigenvalue weighted by Crippen LogP contribution is 2.32. The van der Waals surface area contributed by atoms with E-state index in [9.17, 15) is 30.8 Å². The van der Waals surface area contributed by atoms with Crippen LogP contribution in [0.25, 0.3) is 11.3 Å². The van der Waals surface area contributed by atoms with Gasteiger partial charge >= 0.3 is 6.18 Å². The molecule has 4 heterocycles. The standard InChI is InChI=1S/C35H42F4N6O3S/c1-42-17-14-25(15-18-42)24-43-19-21-44(22-20-43)34-40-29(23-31(41-34)26-4-6-27(7-5-26)35(37,38)39)10-13-33(46)32-3-2-16-45(32)49(47,48)30-11-8-28(36)9-12-30/h4-9,11-12,23,25,32H,2-3,10,13-22,24H2,1H3/t32-/m0/s1. The van der Waals surface area contributed by atoms with Crippen LogP contribution in [-0.2, 0) is 27.4 Å². The van der Waals surface area contributed by atoms with Gasteiger partial charge in [-0.25, -0.2) is 22.8 Å². The number of hydrogen-bond acceptors (Lipinski definition) is 8. The van der Waals surface area contributed by atoms with E-state index in [1.807, 2.05) is 0 Å². The first-order chi connectivity index (χ1) is 23.4. The van der Waals surface area contributed by atoms with Gasteiger partial charge in [0.15, 0.2) is 5.78 Å². The molecule has 264 valence electrons. The van der Waals surface area contributed by atoms with Crippen molar-refractivity contribution in [2.24, 2.45) is 5.92 Å². The van der Waals surface area contributed by atoms with Gasteiger partial charge < -0.3 is 9.80 Å². The van der Waals surface area contributed by atoms with Crippen LogP contribution in [0.3, 0.4) is 0 Å². The number of sulfonamides is 1. The third-order valence-corrected chi connectivity index (χ3v) is 11.8. The van der Waals surface area contributed by atoms with Crippen LogP contribution in [0.4, 0.5) is 23.5 Å². The monoisotopic (exact) mass is 702 g/mol. The maximum Gasteiger partial charge on any atom is 0.416 e. The number of halogens is 4. The molecule has 0 N–H and O–H groups in total. The molecular weight excluding hydrogens is 660 g/mol. The number of aryl methyl sites for hydroxylation is 1. The Morgan fingerprint density at radius 3 is 2.20 bits per heavy atom. The Balaban J connectivity index is 1.18. The number of Topliss-reactive ketones (excluding diaryl/α,β-unsaturated/α-hetero) is 1. The lowest BCUT2D eigenvalue weighted by molar-refractivity contribution is -0.137. The summed E-state index contributed by atoms with van der Waals surface area (Å²) < 4.78 is 81.2. The number of carbonyl (C=O) groups excluding carboxylic acids is 1. The molecule has 1 aromatic heterocycles. The second kappa shape index (κ2) is 14.8. The fourth-order valence-electron chi connectivity index (χ4n) is 6.98. The normalized spacial score (nSPS) is 20.6. The van der Waals surface area contributed by atoms with Gasteiger partial charge in [0.2, 0.25) is 16.0 Å². The fourth-order valence-corrected chi connectivity index (χ4v) is 8.66. The summed E-state index contributed by atoms with van der Waals surface area (Å²) >= 11 is 0. The molecule has 3 aliphatic heterocycles. The lowest BCUT2D eigenvalue weighted by atomic mass is 9.96. The number of piperazine rings is 1. The van der Waals surface area contributed by atoms with Crippen LogP contribution in [-0.4, -0.2) is 104 Å². The number of hydrogen-bond donors (Lipinski definition) is 0. The van der Waals surface area contributed by atoms with Crippen molar-refractivity contribution in [3.8, 4) is 11.3 Å². The first-order valence-corrected chi connectivity index (χ1v) is 18.3. The number of likely N-dealkylation sites (tertiary alicyclic amines) is 1. The van der Waals surface area contributed by atoms with E-state index in [4.69, 9.17) is 9.97 Å². The molecule has 0 saturated carbocycles. The molecule has 0 bridgehead atoms. The lowest BCUT2D eigenvalue weighted by Crippen LogP contribution is -2.49.